The van der Waals surface area contributed by atoms with E-state index in [1.165, 1.54) is 81.3 Å². The molecule has 0 aliphatic heterocycles. The number of carbonyl (C=O) groups is 2. The second-order valence-corrected chi connectivity index (χ2v) is 13.5. The number of benzene rings is 3. The number of likely N-dealkylation sites (N-methyl/N-ethyl adjacent to an activating group) is 1. The van der Waals surface area contributed by atoms with Crippen molar-refractivity contribution in [2.75, 3.05) is 32.1 Å². The van der Waals surface area contributed by atoms with Crippen molar-refractivity contribution in [3.63, 3.8) is 0 Å². The zero-order valence-corrected chi connectivity index (χ0v) is 32.4. The fourth-order valence-electron chi connectivity index (χ4n) is 5.49. The molecule has 0 aliphatic carbocycles. The minimum Gasteiger partial charge on any atom is -0.487 e. The Morgan fingerprint density at radius 3 is 2.47 bits per heavy atom. The van der Waals surface area contributed by atoms with E-state index in [0.717, 1.165) is 12.1 Å². The van der Waals surface area contributed by atoms with Crippen LogP contribution in [0.1, 0.15) is 35.7 Å². The van der Waals surface area contributed by atoms with Crippen LogP contribution in [0.15, 0.2) is 79.6 Å². The maximum absolute atomic E-state index is 15.2. The number of alkyl halides is 4. The van der Waals surface area contributed by atoms with Gasteiger partial charge in [-0.05, 0) is 49.0 Å². The number of hydrogen-bond acceptors (Lipinski definition) is 10. The maximum Gasteiger partial charge on any atom is 0.416 e. The summed E-state index contributed by atoms with van der Waals surface area (Å²) in [6.07, 6.45) is 1.39. The molecule has 0 spiro atoms. The Bertz CT molecular complexity index is 2260. The standard InChI is InChI=1S/C38H38ClF6N8O6/c1-24(59-36(55)50(3)32-14-27(39)8-7-26(32)17-57-34(54)16-46-2)51-22-48-53(23-51)19-37(56,30-12-9-28(40)15-31(30)41)18-52-21-47-33(49-52)13-6-25-4-10-29(11-5-25)58-20-38(44,45)35(42)43/h4-15,21-24,35,46,56H,16-20H2,1-3H3/q+1/b13-6+. The van der Waals surface area contributed by atoms with Crippen LogP contribution in [0, 0.1) is 11.6 Å². The Hall–Kier alpha value is -5.99. The van der Waals surface area contributed by atoms with Crippen molar-refractivity contribution in [1.82, 2.24) is 29.9 Å². The summed E-state index contributed by atoms with van der Waals surface area (Å²) in [6.45, 7) is -0.884. The van der Waals surface area contributed by atoms with Crippen molar-refractivity contribution in [3.05, 3.63) is 119 Å². The number of amides is 1. The van der Waals surface area contributed by atoms with Crippen molar-refractivity contribution < 1.29 is 59.8 Å². The maximum atomic E-state index is 15.2. The first kappa shape index (κ1) is 44.1. The van der Waals surface area contributed by atoms with Gasteiger partial charge in [-0.15, -0.1) is 4.68 Å². The van der Waals surface area contributed by atoms with Crippen LogP contribution in [0.5, 0.6) is 5.75 Å². The molecular weight excluding hydrogens is 814 g/mol. The van der Waals surface area contributed by atoms with E-state index >= 15 is 4.39 Å². The highest BCUT2D eigenvalue weighted by molar-refractivity contribution is 6.31. The van der Waals surface area contributed by atoms with E-state index < -0.39 is 67.6 Å². The van der Waals surface area contributed by atoms with E-state index in [-0.39, 0.29) is 30.3 Å². The predicted molar refractivity (Wildman–Crippen MR) is 199 cm³/mol. The number of nitrogens with zero attached hydrogens (tertiary/aromatic N) is 7. The van der Waals surface area contributed by atoms with E-state index in [9.17, 15) is 36.6 Å². The number of aromatic nitrogens is 6. The third kappa shape index (κ3) is 11.8. The average molecular weight is 852 g/mol. The Labute approximate surface area is 338 Å². The number of ether oxygens (including phenoxy) is 3. The summed E-state index contributed by atoms with van der Waals surface area (Å²) < 4.78 is 99.9. The zero-order valence-electron chi connectivity index (χ0n) is 31.6. The number of esters is 1. The van der Waals surface area contributed by atoms with Gasteiger partial charge in [0, 0.05) is 41.3 Å². The Morgan fingerprint density at radius 1 is 1.05 bits per heavy atom. The second kappa shape index (κ2) is 19.2. The Balaban J connectivity index is 1.27. The first-order chi connectivity index (χ1) is 28.0. The van der Waals surface area contributed by atoms with Crippen LogP contribution in [0.4, 0.5) is 36.8 Å². The van der Waals surface area contributed by atoms with Gasteiger partial charge >= 0.3 is 24.4 Å². The number of aliphatic hydroxyl groups is 1. The molecule has 0 saturated carbocycles. The molecule has 2 heterocycles. The first-order valence-electron chi connectivity index (χ1n) is 17.6. The lowest BCUT2D eigenvalue weighted by Crippen LogP contribution is -2.42. The van der Waals surface area contributed by atoms with Gasteiger partial charge in [-0.1, -0.05) is 41.9 Å². The molecule has 21 heteroatoms. The van der Waals surface area contributed by atoms with Gasteiger partial charge in [-0.25, -0.2) is 32.0 Å². The molecule has 3 aromatic carbocycles. The molecule has 314 valence electrons. The molecule has 2 N–H and O–H groups in total. The summed E-state index contributed by atoms with van der Waals surface area (Å²) in [7, 11) is 3.04. The Morgan fingerprint density at radius 2 is 1.78 bits per heavy atom. The van der Waals surface area contributed by atoms with Crippen LogP contribution < -0.4 is 19.5 Å². The van der Waals surface area contributed by atoms with Crippen molar-refractivity contribution in [2.24, 2.45) is 0 Å². The summed E-state index contributed by atoms with van der Waals surface area (Å²) in [5, 5.41) is 23.6. The summed E-state index contributed by atoms with van der Waals surface area (Å²) >= 11 is 6.19. The van der Waals surface area contributed by atoms with Crippen LogP contribution in [0.3, 0.4) is 0 Å². The van der Waals surface area contributed by atoms with Crippen molar-refractivity contribution >= 4 is 41.5 Å². The number of halogens is 7. The van der Waals surface area contributed by atoms with Gasteiger partial charge in [0.15, 0.2) is 12.4 Å². The molecule has 0 bridgehead atoms. The van der Waals surface area contributed by atoms with E-state index in [1.807, 2.05) is 0 Å². The predicted octanol–water partition coefficient (Wildman–Crippen LogP) is 5.79. The molecule has 2 aromatic heterocycles. The van der Waals surface area contributed by atoms with Gasteiger partial charge in [-0.2, -0.15) is 18.4 Å². The smallest absolute Gasteiger partial charge is 0.416 e. The number of anilines is 1. The molecule has 2 atom stereocenters. The van der Waals surface area contributed by atoms with E-state index in [2.05, 4.69) is 20.5 Å². The van der Waals surface area contributed by atoms with Gasteiger partial charge in [0.05, 0.1) is 18.8 Å². The minimum atomic E-state index is -4.30. The highest BCUT2D eigenvalue weighted by atomic mass is 35.5. The second-order valence-electron chi connectivity index (χ2n) is 13.1. The summed E-state index contributed by atoms with van der Waals surface area (Å²) in [5.41, 5.74) is -1.02. The summed E-state index contributed by atoms with van der Waals surface area (Å²) in [5.74, 6) is -6.61. The van der Waals surface area contributed by atoms with Crippen LogP contribution in [-0.4, -0.2) is 81.3 Å². The minimum absolute atomic E-state index is 0.0103. The number of carbonyl (C=O) groups excluding carboxylic acids is 2. The highest BCUT2D eigenvalue weighted by Gasteiger charge is 2.42. The van der Waals surface area contributed by atoms with Crippen molar-refractivity contribution in [2.45, 2.75) is 50.8 Å². The molecule has 59 heavy (non-hydrogen) atoms. The normalized spacial score (nSPS) is 13.4. The fourth-order valence-corrected chi connectivity index (χ4v) is 5.66. The largest absolute Gasteiger partial charge is 0.487 e. The van der Waals surface area contributed by atoms with Crippen LogP contribution in [-0.2, 0) is 39.6 Å². The summed E-state index contributed by atoms with van der Waals surface area (Å²) in [4.78, 5) is 30.5. The van der Waals surface area contributed by atoms with Crippen LogP contribution >= 0.6 is 11.6 Å². The molecule has 0 saturated heterocycles. The van der Waals surface area contributed by atoms with Crippen LogP contribution in [0.2, 0.25) is 5.02 Å². The highest BCUT2D eigenvalue weighted by Crippen LogP contribution is 2.30. The molecule has 1 amide bonds. The quantitative estimate of drug-likeness (QED) is 0.0631. The van der Waals surface area contributed by atoms with E-state index in [1.54, 1.807) is 32.2 Å². The zero-order chi connectivity index (χ0) is 42.9. The van der Waals surface area contributed by atoms with Crippen molar-refractivity contribution in [3.8, 4) is 5.75 Å². The molecule has 14 nitrogen and oxygen atoms in total. The van der Waals surface area contributed by atoms with E-state index in [0.29, 0.717) is 27.9 Å². The lowest BCUT2D eigenvalue weighted by molar-refractivity contribution is -0.753. The average Bonchev–Trinajstić information content (AvgIpc) is 3.85. The first-order valence-corrected chi connectivity index (χ1v) is 17.9. The summed E-state index contributed by atoms with van der Waals surface area (Å²) in [6, 6.07) is 13.0. The number of rotatable bonds is 18. The SMILES string of the molecule is CNCC(=O)OCc1ccc(Cl)cc1N(C)C(=O)OC(C)[n+]1cnn(CC(O)(Cn2cnc(/C=C/c3ccc(OCC(F)(F)C(F)F)cc3)n2)c2ccc(F)cc2F)c1. The number of hydrogen-bond donors (Lipinski definition) is 2. The molecule has 0 aliphatic rings. The van der Waals surface area contributed by atoms with Crippen molar-refractivity contribution in [1.29, 1.82) is 0 Å². The molecular formula is C38H38ClF6N8O6+. The monoisotopic (exact) mass is 851 g/mol. The third-order valence-corrected chi connectivity index (χ3v) is 8.81. The van der Waals surface area contributed by atoms with Gasteiger partial charge in [-0.3, -0.25) is 9.69 Å². The van der Waals surface area contributed by atoms with Crippen LogP contribution in [0.25, 0.3) is 12.2 Å². The Kier molecular flexibility index (Phi) is 14.3. The lowest BCUT2D eigenvalue weighted by Gasteiger charge is -2.26. The van der Waals surface area contributed by atoms with Gasteiger partial charge in [0.25, 0.3) is 6.33 Å². The lowest BCUT2D eigenvalue weighted by atomic mass is 9.93. The van der Waals surface area contributed by atoms with Gasteiger partial charge < -0.3 is 24.6 Å². The number of nitrogens with one attached hydrogen (secondary N) is 1. The molecule has 5 aromatic rings. The molecule has 5 rings (SSSR count). The molecule has 0 radical (unpaired) electrons. The van der Waals surface area contributed by atoms with E-state index in [4.69, 9.17) is 25.8 Å². The topological polar surface area (TPSA) is 150 Å². The van der Waals surface area contributed by atoms with Gasteiger partial charge in [0.1, 0.15) is 42.5 Å². The molecule has 2 unspecified atom stereocenters. The third-order valence-electron chi connectivity index (χ3n) is 8.57. The van der Waals surface area contributed by atoms with Gasteiger partial charge in [0.2, 0.25) is 12.6 Å². The molecule has 0 fully saturated rings. The fraction of sp³-hybridized carbons (Fsp3) is 0.316.